The van der Waals surface area contributed by atoms with Crippen LogP contribution in [0.1, 0.15) is 18.9 Å². The van der Waals surface area contributed by atoms with Crippen molar-refractivity contribution in [1.82, 2.24) is 10.2 Å². The third kappa shape index (κ3) is 3.47. The topological polar surface area (TPSA) is 41.6 Å². The van der Waals surface area contributed by atoms with Gasteiger partial charge in [0, 0.05) is 32.6 Å². The van der Waals surface area contributed by atoms with Crippen LogP contribution in [-0.2, 0) is 11.2 Å². The maximum absolute atomic E-state index is 11.6. The molecule has 1 aromatic carbocycles. The number of carbonyl (C=O) groups excluding carboxylic acids is 1. The van der Waals surface area contributed by atoms with E-state index in [1.807, 2.05) is 23.1 Å². The van der Waals surface area contributed by atoms with Crippen LogP contribution in [0.5, 0.6) is 5.75 Å². The zero-order valence-electron chi connectivity index (χ0n) is 11.7. The van der Waals surface area contributed by atoms with Gasteiger partial charge >= 0.3 is 0 Å². The van der Waals surface area contributed by atoms with Crippen molar-refractivity contribution in [1.29, 1.82) is 0 Å². The molecule has 1 aliphatic heterocycles. The lowest BCUT2D eigenvalue weighted by Crippen LogP contribution is -2.53. The summed E-state index contributed by atoms with van der Waals surface area (Å²) in [7, 11) is 1.70. The van der Waals surface area contributed by atoms with E-state index in [9.17, 15) is 4.79 Å². The fourth-order valence-corrected chi connectivity index (χ4v) is 2.67. The van der Waals surface area contributed by atoms with E-state index in [0.717, 1.165) is 38.2 Å². The molecule has 1 heterocycles. The molecule has 2 rings (SSSR count). The molecule has 0 aromatic heterocycles. The van der Waals surface area contributed by atoms with Gasteiger partial charge in [-0.2, -0.15) is 0 Å². The van der Waals surface area contributed by atoms with Gasteiger partial charge in [-0.05, 0) is 24.5 Å². The van der Waals surface area contributed by atoms with Crippen LogP contribution in [0.3, 0.4) is 0 Å². The number of piperazine rings is 1. The van der Waals surface area contributed by atoms with E-state index >= 15 is 0 Å². The zero-order chi connectivity index (χ0) is 13.7. The Morgan fingerprint density at radius 1 is 1.47 bits per heavy atom. The van der Waals surface area contributed by atoms with E-state index in [1.54, 1.807) is 14.0 Å². The average Bonchev–Trinajstić information content (AvgIpc) is 2.45. The highest BCUT2D eigenvalue weighted by atomic mass is 16.5. The van der Waals surface area contributed by atoms with Gasteiger partial charge in [0.05, 0.1) is 7.11 Å². The normalized spacial score (nSPS) is 19.3. The highest BCUT2D eigenvalue weighted by Gasteiger charge is 2.23. The Labute approximate surface area is 114 Å². The zero-order valence-corrected chi connectivity index (χ0v) is 11.7. The minimum atomic E-state index is 0.173. The number of para-hydroxylation sites is 1. The number of methoxy groups -OCH3 is 1. The van der Waals surface area contributed by atoms with E-state index < -0.39 is 0 Å². The second-order valence-corrected chi connectivity index (χ2v) is 4.92. The molecule has 1 amide bonds. The molecule has 4 nitrogen and oxygen atoms in total. The first kappa shape index (κ1) is 13.9. The van der Waals surface area contributed by atoms with Gasteiger partial charge in [-0.1, -0.05) is 18.2 Å². The van der Waals surface area contributed by atoms with Crippen LogP contribution in [0.2, 0.25) is 0 Å². The molecule has 1 aromatic rings. The molecule has 0 radical (unpaired) electrons. The van der Waals surface area contributed by atoms with Gasteiger partial charge < -0.3 is 15.0 Å². The molecule has 1 saturated heterocycles. The summed E-state index contributed by atoms with van der Waals surface area (Å²) >= 11 is 0. The van der Waals surface area contributed by atoms with Crippen LogP contribution in [0.4, 0.5) is 0 Å². The van der Waals surface area contributed by atoms with E-state index in [-0.39, 0.29) is 11.9 Å². The lowest BCUT2D eigenvalue weighted by Gasteiger charge is -2.35. The maximum Gasteiger partial charge on any atom is 0.219 e. The number of rotatable bonds is 4. The number of aryl methyl sites for hydroxylation is 1. The summed E-state index contributed by atoms with van der Waals surface area (Å²) in [6.07, 6.45) is 1.90. The molecule has 4 heteroatoms. The smallest absolute Gasteiger partial charge is 0.219 e. The monoisotopic (exact) mass is 262 g/mol. The Bertz CT molecular complexity index is 434. The highest BCUT2D eigenvalue weighted by molar-refractivity contribution is 5.73. The van der Waals surface area contributed by atoms with Gasteiger partial charge in [0.1, 0.15) is 5.75 Å². The first-order chi connectivity index (χ1) is 9.22. The molecular weight excluding hydrogens is 240 g/mol. The van der Waals surface area contributed by atoms with Crippen LogP contribution in [0.25, 0.3) is 0 Å². The van der Waals surface area contributed by atoms with Crippen LogP contribution in [-0.4, -0.2) is 43.6 Å². The largest absolute Gasteiger partial charge is 0.496 e. The third-order valence-corrected chi connectivity index (χ3v) is 3.69. The van der Waals surface area contributed by atoms with Crippen molar-refractivity contribution in [3.8, 4) is 5.75 Å². The van der Waals surface area contributed by atoms with Crippen molar-refractivity contribution < 1.29 is 9.53 Å². The van der Waals surface area contributed by atoms with Crippen molar-refractivity contribution in [2.45, 2.75) is 25.8 Å². The Kier molecular flexibility index (Phi) is 4.80. The molecule has 1 atom stereocenters. The van der Waals surface area contributed by atoms with Crippen molar-refractivity contribution in [2.75, 3.05) is 26.7 Å². The summed E-state index contributed by atoms with van der Waals surface area (Å²) < 4.78 is 5.36. The Morgan fingerprint density at radius 3 is 3.00 bits per heavy atom. The quantitative estimate of drug-likeness (QED) is 0.893. The van der Waals surface area contributed by atoms with Gasteiger partial charge in [-0.15, -0.1) is 0 Å². The summed E-state index contributed by atoms with van der Waals surface area (Å²) in [5.74, 6) is 1.10. The molecule has 19 heavy (non-hydrogen) atoms. The summed E-state index contributed by atoms with van der Waals surface area (Å²) in [5, 5.41) is 3.36. The van der Waals surface area contributed by atoms with E-state index in [0.29, 0.717) is 0 Å². The van der Waals surface area contributed by atoms with E-state index in [4.69, 9.17) is 4.74 Å². The SMILES string of the molecule is COc1ccccc1CCC1CNCCN1C(C)=O. The predicted molar refractivity (Wildman–Crippen MR) is 75.4 cm³/mol. The fourth-order valence-electron chi connectivity index (χ4n) is 2.67. The molecule has 0 spiro atoms. The molecule has 1 fully saturated rings. The number of ether oxygens (including phenoxy) is 1. The number of carbonyl (C=O) groups is 1. The van der Waals surface area contributed by atoms with E-state index in [1.165, 1.54) is 5.56 Å². The van der Waals surface area contributed by atoms with Crippen LogP contribution in [0, 0.1) is 0 Å². The number of hydrogen-bond donors (Lipinski definition) is 1. The lowest BCUT2D eigenvalue weighted by atomic mass is 10.0. The Morgan fingerprint density at radius 2 is 2.26 bits per heavy atom. The number of nitrogens with one attached hydrogen (secondary N) is 1. The molecule has 0 aliphatic carbocycles. The van der Waals surface area contributed by atoms with Crippen molar-refractivity contribution in [2.24, 2.45) is 0 Å². The number of amides is 1. The predicted octanol–water partition coefficient (Wildman–Crippen LogP) is 1.45. The number of nitrogens with zero attached hydrogens (tertiary/aromatic N) is 1. The molecule has 0 bridgehead atoms. The van der Waals surface area contributed by atoms with Gasteiger partial charge in [-0.3, -0.25) is 4.79 Å². The van der Waals surface area contributed by atoms with Gasteiger partial charge in [0.2, 0.25) is 5.91 Å². The summed E-state index contributed by atoms with van der Waals surface area (Å²) in [6, 6.07) is 8.37. The van der Waals surface area contributed by atoms with E-state index in [2.05, 4.69) is 11.4 Å². The average molecular weight is 262 g/mol. The fraction of sp³-hybridized carbons (Fsp3) is 0.533. The standard InChI is InChI=1S/C15H22N2O2/c1-12(18)17-10-9-16-11-14(17)8-7-13-5-3-4-6-15(13)19-2/h3-6,14,16H,7-11H2,1-2H3. The van der Waals surface area contributed by atoms with Crippen LogP contribution in [0.15, 0.2) is 24.3 Å². The van der Waals surface area contributed by atoms with Crippen molar-refractivity contribution in [3.05, 3.63) is 29.8 Å². The Balaban J connectivity index is 1.98. The van der Waals surface area contributed by atoms with Crippen molar-refractivity contribution >= 4 is 5.91 Å². The second-order valence-electron chi connectivity index (χ2n) is 4.92. The molecule has 1 unspecified atom stereocenters. The number of benzene rings is 1. The van der Waals surface area contributed by atoms with Crippen molar-refractivity contribution in [3.63, 3.8) is 0 Å². The second kappa shape index (κ2) is 6.57. The molecule has 1 aliphatic rings. The van der Waals surface area contributed by atoms with Gasteiger partial charge in [0.25, 0.3) is 0 Å². The Hall–Kier alpha value is -1.55. The minimum Gasteiger partial charge on any atom is -0.496 e. The maximum atomic E-state index is 11.6. The molecule has 0 saturated carbocycles. The highest BCUT2D eigenvalue weighted by Crippen LogP contribution is 2.21. The van der Waals surface area contributed by atoms with Gasteiger partial charge in [-0.25, -0.2) is 0 Å². The summed E-state index contributed by atoms with van der Waals surface area (Å²) in [5.41, 5.74) is 1.21. The first-order valence-corrected chi connectivity index (χ1v) is 6.82. The van der Waals surface area contributed by atoms with Crippen LogP contribution < -0.4 is 10.1 Å². The third-order valence-electron chi connectivity index (χ3n) is 3.69. The lowest BCUT2D eigenvalue weighted by molar-refractivity contribution is -0.132. The first-order valence-electron chi connectivity index (χ1n) is 6.82. The van der Waals surface area contributed by atoms with Gasteiger partial charge in [0.15, 0.2) is 0 Å². The van der Waals surface area contributed by atoms with Crippen LogP contribution >= 0.6 is 0 Å². The molecule has 1 N–H and O–H groups in total. The number of hydrogen-bond acceptors (Lipinski definition) is 3. The molecular formula is C15H22N2O2. The minimum absolute atomic E-state index is 0.173. The molecule has 104 valence electrons. The summed E-state index contributed by atoms with van der Waals surface area (Å²) in [6.45, 7) is 4.24. The summed E-state index contributed by atoms with van der Waals surface area (Å²) in [4.78, 5) is 13.6.